The minimum atomic E-state index is -0.133. The average molecular weight is 303 g/mol. The van der Waals surface area contributed by atoms with E-state index in [1.807, 2.05) is 35.9 Å². The summed E-state index contributed by atoms with van der Waals surface area (Å²) in [6, 6.07) is 5.55. The number of carbonyl (C=O) groups excluding carboxylic acids is 2. The lowest BCUT2D eigenvalue weighted by Crippen LogP contribution is -2.30. The van der Waals surface area contributed by atoms with Gasteiger partial charge in [-0.05, 0) is 30.0 Å². The van der Waals surface area contributed by atoms with Gasteiger partial charge in [0.05, 0.1) is 17.8 Å². The maximum Gasteiger partial charge on any atom is 0.252 e. The Balaban J connectivity index is 1.68. The van der Waals surface area contributed by atoms with Crippen molar-refractivity contribution in [2.24, 2.45) is 0 Å². The summed E-state index contributed by atoms with van der Waals surface area (Å²) in [7, 11) is 0. The highest BCUT2D eigenvalue weighted by Crippen LogP contribution is 2.12. The van der Waals surface area contributed by atoms with E-state index in [0.717, 1.165) is 11.3 Å². The third kappa shape index (κ3) is 4.68. The molecule has 0 spiro atoms. The molecule has 0 saturated carbocycles. The third-order valence-electron chi connectivity index (χ3n) is 2.93. The minimum absolute atomic E-state index is 0.108. The molecule has 0 aliphatic carbocycles. The Bertz CT molecular complexity index is 610. The van der Waals surface area contributed by atoms with E-state index < -0.39 is 0 Å². The molecule has 2 N–H and O–H groups in total. The van der Waals surface area contributed by atoms with Crippen molar-refractivity contribution in [2.45, 2.75) is 19.9 Å². The molecule has 0 aliphatic rings. The number of pyridine rings is 1. The van der Waals surface area contributed by atoms with E-state index in [-0.39, 0.29) is 18.2 Å². The van der Waals surface area contributed by atoms with Crippen LogP contribution in [0.4, 0.5) is 0 Å². The van der Waals surface area contributed by atoms with Crippen molar-refractivity contribution in [3.05, 3.63) is 52.0 Å². The standard InChI is InChI=1S/C15H17N3O2S/c1-11-9-21-10-13(11)15(20)17-7-5-14(19)18-8-12-4-2-3-6-16-12/h2-4,6,9-10H,5,7-8H2,1H3,(H,17,20)(H,18,19). The van der Waals surface area contributed by atoms with Crippen molar-refractivity contribution in [1.82, 2.24) is 15.6 Å². The van der Waals surface area contributed by atoms with Crippen LogP contribution in [0.25, 0.3) is 0 Å². The molecule has 21 heavy (non-hydrogen) atoms. The molecule has 5 nitrogen and oxygen atoms in total. The van der Waals surface area contributed by atoms with Crippen LogP contribution in [0.1, 0.15) is 28.0 Å². The van der Waals surface area contributed by atoms with E-state index in [4.69, 9.17) is 0 Å². The van der Waals surface area contributed by atoms with Gasteiger partial charge in [0.2, 0.25) is 5.91 Å². The maximum atomic E-state index is 11.8. The molecule has 0 bridgehead atoms. The number of amides is 2. The van der Waals surface area contributed by atoms with Crippen LogP contribution in [0.5, 0.6) is 0 Å². The van der Waals surface area contributed by atoms with Gasteiger partial charge in [-0.25, -0.2) is 0 Å². The topological polar surface area (TPSA) is 71.1 Å². The second-order valence-corrected chi connectivity index (χ2v) is 5.32. The van der Waals surface area contributed by atoms with Crippen LogP contribution in [0, 0.1) is 6.92 Å². The van der Waals surface area contributed by atoms with Gasteiger partial charge in [0.15, 0.2) is 0 Å². The first-order chi connectivity index (χ1) is 10.2. The molecule has 2 rings (SSSR count). The van der Waals surface area contributed by atoms with Crippen LogP contribution < -0.4 is 10.6 Å². The Morgan fingerprint density at radius 3 is 2.76 bits per heavy atom. The molecule has 2 aromatic rings. The molecule has 6 heteroatoms. The molecule has 0 atom stereocenters. The van der Waals surface area contributed by atoms with Crippen molar-refractivity contribution in [2.75, 3.05) is 6.54 Å². The molecular weight excluding hydrogens is 286 g/mol. The zero-order chi connectivity index (χ0) is 15.1. The number of carbonyl (C=O) groups is 2. The molecule has 2 amide bonds. The quantitative estimate of drug-likeness (QED) is 0.856. The van der Waals surface area contributed by atoms with Crippen LogP contribution in [-0.4, -0.2) is 23.3 Å². The second-order valence-electron chi connectivity index (χ2n) is 4.57. The lowest BCUT2D eigenvalue weighted by atomic mass is 10.2. The number of aromatic nitrogens is 1. The fourth-order valence-electron chi connectivity index (χ4n) is 1.76. The first kappa shape index (κ1) is 15.2. The molecule has 0 saturated heterocycles. The summed E-state index contributed by atoms with van der Waals surface area (Å²) in [5, 5.41) is 9.25. The molecule has 0 unspecified atom stereocenters. The second kappa shape index (κ2) is 7.54. The van der Waals surface area contributed by atoms with Gasteiger partial charge in [0.25, 0.3) is 5.91 Å². The number of nitrogens with zero attached hydrogens (tertiary/aromatic N) is 1. The highest BCUT2D eigenvalue weighted by atomic mass is 32.1. The number of hydrogen-bond acceptors (Lipinski definition) is 4. The first-order valence-corrected chi connectivity index (χ1v) is 7.58. The molecular formula is C15H17N3O2S. The largest absolute Gasteiger partial charge is 0.351 e. The zero-order valence-corrected chi connectivity index (χ0v) is 12.6. The van der Waals surface area contributed by atoms with Crippen molar-refractivity contribution in [1.29, 1.82) is 0 Å². The van der Waals surface area contributed by atoms with Crippen molar-refractivity contribution < 1.29 is 9.59 Å². The van der Waals surface area contributed by atoms with Gasteiger partial charge in [-0.1, -0.05) is 6.07 Å². The number of hydrogen-bond donors (Lipinski definition) is 2. The fourth-order valence-corrected chi connectivity index (χ4v) is 2.59. The van der Waals surface area contributed by atoms with E-state index in [1.165, 1.54) is 11.3 Å². The van der Waals surface area contributed by atoms with Crippen molar-refractivity contribution >= 4 is 23.2 Å². The number of aryl methyl sites for hydroxylation is 1. The molecule has 2 heterocycles. The summed E-state index contributed by atoms with van der Waals surface area (Å²) in [5.74, 6) is -0.241. The van der Waals surface area contributed by atoms with Crippen LogP contribution >= 0.6 is 11.3 Å². The fraction of sp³-hybridized carbons (Fsp3) is 0.267. The van der Waals surface area contributed by atoms with Gasteiger partial charge in [-0.2, -0.15) is 11.3 Å². The highest BCUT2D eigenvalue weighted by molar-refractivity contribution is 7.08. The molecule has 2 aromatic heterocycles. The van der Waals surface area contributed by atoms with E-state index in [9.17, 15) is 9.59 Å². The number of thiophene rings is 1. The monoisotopic (exact) mass is 303 g/mol. The predicted molar refractivity (Wildman–Crippen MR) is 82.1 cm³/mol. The van der Waals surface area contributed by atoms with Gasteiger partial charge in [-0.15, -0.1) is 0 Å². The summed E-state index contributed by atoms with van der Waals surface area (Å²) in [5.41, 5.74) is 2.44. The summed E-state index contributed by atoms with van der Waals surface area (Å²) in [6.45, 7) is 2.62. The summed E-state index contributed by atoms with van der Waals surface area (Å²) in [6.07, 6.45) is 1.94. The van der Waals surface area contributed by atoms with E-state index in [2.05, 4.69) is 15.6 Å². The molecule has 0 aliphatic heterocycles. The Morgan fingerprint density at radius 2 is 2.10 bits per heavy atom. The summed E-state index contributed by atoms with van der Waals surface area (Å²) < 4.78 is 0. The van der Waals surface area contributed by atoms with Gasteiger partial charge in [-0.3, -0.25) is 14.6 Å². The smallest absolute Gasteiger partial charge is 0.252 e. The van der Waals surface area contributed by atoms with E-state index >= 15 is 0 Å². The normalized spacial score (nSPS) is 10.1. The molecule has 0 fully saturated rings. The average Bonchev–Trinajstić information content (AvgIpc) is 2.92. The number of nitrogens with one attached hydrogen (secondary N) is 2. The SMILES string of the molecule is Cc1cscc1C(=O)NCCC(=O)NCc1ccccn1. The van der Waals surface area contributed by atoms with Crippen LogP contribution in [-0.2, 0) is 11.3 Å². The first-order valence-electron chi connectivity index (χ1n) is 6.64. The van der Waals surface area contributed by atoms with Crippen LogP contribution in [0.3, 0.4) is 0 Å². The maximum absolute atomic E-state index is 11.8. The molecule has 0 radical (unpaired) electrons. The van der Waals surface area contributed by atoms with Gasteiger partial charge in [0, 0.05) is 24.5 Å². The Labute approximate surface area is 127 Å². The minimum Gasteiger partial charge on any atom is -0.351 e. The van der Waals surface area contributed by atoms with Gasteiger partial charge < -0.3 is 10.6 Å². The summed E-state index contributed by atoms with van der Waals surface area (Å²) >= 11 is 1.49. The van der Waals surface area contributed by atoms with Crippen molar-refractivity contribution in [3.63, 3.8) is 0 Å². The summed E-state index contributed by atoms with van der Waals surface area (Å²) in [4.78, 5) is 27.6. The molecule has 0 aromatic carbocycles. The third-order valence-corrected chi connectivity index (χ3v) is 3.79. The van der Waals surface area contributed by atoms with E-state index in [1.54, 1.807) is 6.20 Å². The highest BCUT2D eigenvalue weighted by Gasteiger charge is 2.09. The Hall–Kier alpha value is -2.21. The van der Waals surface area contributed by atoms with Gasteiger partial charge >= 0.3 is 0 Å². The Morgan fingerprint density at radius 1 is 1.24 bits per heavy atom. The van der Waals surface area contributed by atoms with Crippen LogP contribution in [0.15, 0.2) is 35.2 Å². The van der Waals surface area contributed by atoms with Crippen LogP contribution in [0.2, 0.25) is 0 Å². The Kier molecular flexibility index (Phi) is 5.45. The zero-order valence-electron chi connectivity index (χ0n) is 11.8. The van der Waals surface area contributed by atoms with Gasteiger partial charge in [0.1, 0.15) is 0 Å². The molecule has 110 valence electrons. The lowest BCUT2D eigenvalue weighted by Gasteiger charge is -2.06. The lowest BCUT2D eigenvalue weighted by molar-refractivity contribution is -0.121. The van der Waals surface area contributed by atoms with Crippen molar-refractivity contribution in [3.8, 4) is 0 Å². The predicted octanol–water partition coefficient (Wildman–Crippen LogP) is 1.89. The van der Waals surface area contributed by atoms with E-state index in [0.29, 0.717) is 18.7 Å². The number of rotatable bonds is 6.